The molecule has 3 atom stereocenters. The lowest BCUT2D eigenvalue weighted by Crippen LogP contribution is -2.17. The molecule has 0 aliphatic heterocycles. The van der Waals surface area contributed by atoms with Crippen molar-refractivity contribution < 1.29 is 0 Å². The second-order valence-corrected chi connectivity index (χ2v) is 6.05. The minimum atomic E-state index is 0.820. The third kappa shape index (κ3) is 4.49. The third-order valence-electron chi connectivity index (χ3n) is 3.24. The van der Waals surface area contributed by atoms with Crippen molar-refractivity contribution in [3.63, 3.8) is 0 Å². The van der Waals surface area contributed by atoms with Crippen LogP contribution < -0.4 is 0 Å². The predicted octanol–water partition coefficient (Wildman–Crippen LogP) is 4.77. The first-order valence-electron chi connectivity index (χ1n) is 5.86. The fraction of sp³-hybridized carbons (Fsp3) is 1.00. The molecule has 0 amide bonds. The molecule has 0 aromatic carbocycles. The molecular weight excluding hydrogens is 224 g/mol. The van der Waals surface area contributed by atoms with Crippen molar-refractivity contribution >= 4 is 15.9 Å². The van der Waals surface area contributed by atoms with E-state index in [0.717, 1.165) is 16.7 Å². The van der Waals surface area contributed by atoms with Gasteiger partial charge in [0.25, 0.3) is 0 Å². The molecule has 3 unspecified atom stereocenters. The molecule has 0 saturated heterocycles. The minimum Gasteiger partial charge on any atom is -0.0891 e. The first kappa shape index (κ1) is 11.6. The van der Waals surface area contributed by atoms with E-state index in [4.69, 9.17) is 0 Å². The quantitative estimate of drug-likeness (QED) is 0.628. The maximum atomic E-state index is 3.76. The number of halogens is 1. The van der Waals surface area contributed by atoms with Crippen LogP contribution in [-0.4, -0.2) is 4.83 Å². The summed E-state index contributed by atoms with van der Waals surface area (Å²) in [4.78, 5) is 0.820. The van der Waals surface area contributed by atoms with E-state index < -0.39 is 0 Å². The summed E-state index contributed by atoms with van der Waals surface area (Å²) in [7, 11) is 0. The highest BCUT2D eigenvalue weighted by atomic mass is 79.9. The van der Waals surface area contributed by atoms with Crippen molar-refractivity contribution in [2.75, 3.05) is 0 Å². The Kier molecular flexibility index (Phi) is 5.38. The molecule has 13 heavy (non-hydrogen) atoms. The fourth-order valence-corrected chi connectivity index (χ4v) is 3.47. The van der Waals surface area contributed by atoms with Crippen LogP contribution in [0.1, 0.15) is 58.8 Å². The summed E-state index contributed by atoms with van der Waals surface area (Å²) >= 11 is 3.76. The molecule has 1 aliphatic rings. The van der Waals surface area contributed by atoms with Crippen molar-refractivity contribution in [3.05, 3.63) is 0 Å². The summed E-state index contributed by atoms with van der Waals surface area (Å²) in [5.74, 6) is 1.97. The molecule has 1 heteroatoms. The van der Waals surface area contributed by atoms with Crippen molar-refractivity contribution in [2.45, 2.75) is 63.6 Å². The number of hydrogen-bond donors (Lipinski definition) is 0. The van der Waals surface area contributed by atoms with Gasteiger partial charge in [-0.1, -0.05) is 55.5 Å². The Bertz CT molecular complexity index is 133. The topological polar surface area (TPSA) is 0 Å². The molecule has 0 nitrogen and oxygen atoms in total. The minimum absolute atomic E-state index is 0.820. The predicted molar refractivity (Wildman–Crippen MR) is 63.4 cm³/mol. The van der Waals surface area contributed by atoms with Crippen LogP contribution in [-0.2, 0) is 0 Å². The fourth-order valence-electron chi connectivity index (χ4n) is 2.62. The molecule has 0 aromatic rings. The van der Waals surface area contributed by atoms with Gasteiger partial charge in [0.05, 0.1) is 0 Å². The maximum absolute atomic E-state index is 3.76. The van der Waals surface area contributed by atoms with Crippen LogP contribution in [0.2, 0.25) is 0 Å². The Labute approximate surface area is 91.6 Å². The summed E-state index contributed by atoms with van der Waals surface area (Å²) in [6, 6.07) is 0. The highest BCUT2D eigenvalue weighted by Gasteiger charge is 2.21. The summed E-state index contributed by atoms with van der Waals surface area (Å²) in [5, 5.41) is 0. The highest BCUT2D eigenvalue weighted by molar-refractivity contribution is 9.09. The van der Waals surface area contributed by atoms with Gasteiger partial charge in [-0.3, -0.25) is 0 Å². The summed E-state index contributed by atoms with van der Waals surface area (Å²) in [6.45, 7) is 4.71. The van der Waals surface area contributed by atoms with E-state index in [1.807, 2.05) is 0 Å². The monoisotopic (exact) mass is 246 g/mol. The molecule has 0 N–H and O–H groups in total. The normalized spacial score (nSPS) is 31.6. The van der Waals surface area contributed by atoms with Gasteiger partial charge in [-0.05, 0) is 31.1 Å². The van der Waals surface area contributed by atoms with Gasteiger partial charge in [0.2, 0.25) is 0 Å². The summed E-state index contributed by atoms with van der Waals surface area (Å²) in [5.41, 5.74) is 0. The van der Waals surface area contributed by atoms with E-state index in [0.29, 0.717) is 0 Å². The smallest absolute Gasteiger partial charge is 0.0148 e. The summed E-state index contributed by atoms with van der Waals surface area (Å²) < 4.78 is 0. The number of rotatable bonds is 4. The van der Waals surface area contributed by atoms with Gasteiger partial charge >= 0.3 is 0 Å². The zero-order chi connectivity index (χ0) is 9.68. The van der Waals surface area contributed by atoms with E-state index in [2.05, 4.69) is 29.8 Å². The molecule has 0 radical (unpaired) electrons. The van der Waals surface area contributed by atoms with E-state index in [1.54, 1.807) is 0 Å². The van der Waals surface area contributed by atoms with Gasteiger partial charge in [-0.15, -0.1) is 0 Å². The van der Waals surface area contributed by atoms with Crippen molar-refractivity contribution in [1.82, 2.24) is 0 Å². The lowest BCUT2D eigenvalue weighted by molar-refractivity contribution is 0.295. The van der Waals surface area contributed by atoms with Crippen LogP contribution in [0.4, 0.5) is 0 Å². The lowest BCUT2D eigenvalue weighted by Gasteiger charge is -2.27. The molecule has 1 rings (SSSR count). The van der Waals surface area contributed by atoms with Crippen LogP contribution in [0.15, 0.2) is 0 Å². The SMILES string of the molecule is CCCC(C)CC1CCCC(Br)C1. The van der Waals surface area contributed by atoms with E-state index in [9.17, 15) is 0 Å². The van der Waals surface area contributed by atoms with Gasteiger partial charge in [0.15, 0.2) is 0 Å². The van der Waals surface area contributed by atoms with Gasteiger partial charge in [-0.2, -0.15) is 0 Å². The second kappa shape index (κ2) is 6.06. The zero-order valence-electron chi connectivity index (χ0n) is 9.06. The summed E-state index contributed by atoms with van der Waals surface area (Å²) in [6.07, 6.45) is 9.99. The van der Waals surface area contributed by atoms with Crippen LogP contribution in [0.3, 0.4) is 0 Å². The molecule has 0 heterocycles. The first-order chi connectivity index (χ1) is 6.22. The Balaban J connectivity index is 2.19. The molecule has 1 fully saturated rings. The Morgan fingerprint density at radius 1 is 1.38 bits per heavy atom. The Morgan fingerprint density at radius 3 is 2.77 bits per heavy atom. The van der Waals surface area contributed by atoms with Crippen LogP contribution in [0, 0.1) is 11.8 Å². The molecule has 1 aliphatic carbocycles. The molecule has 1 saturated carbocycles. The Hall–Kier alpha value is 0.480. The first-order valence-corrected chi connectivity index (χ1v) is 6.78. The average Bonchev–Trinajstić information content (AvgIpc) is 2.04. The van der Waals surface area contributed by atoms with Gasteiger partial charge in [0.1, 0.15) is 0 Å². The largest absolute Gasteiger partial charge is 0.0891 e. The molecule has 0 bridgehead atoms. The average molecular weight is 247 g/mol. The van der Waals surface area contributed by atoms with Gasteiger partial charge < -0.3 is 0 Å². The van der Waals surface area contributed by atoms with Gasteiger partial charge in [0, 0.05) is 4.83 Å². The van der Waals surface area contributed by atoms with Crippen molar-refractivity contribution in [2.24, 2.45) is 11.8 Å². The van der Waals surface area contributed by atoms with Gasteiger partial charge in [-0.25, -0.2) is 0 Å². The molecule has 0 spiro atoms. The maximum Gasteiger partial charge on any atom is 0.0148 e. The standard InChI is InChI=1S/C12H23Br/c1-3-5-10(2)8-11-6-4-7-12(13)9-11/h10-12H,3-9H2,1-2H3. The number of alkyl halides is 1. The van der Waals surface area contributed by atoms with E-state index in [-0.39, 0.29) is 0 Å². The van der Waals surface area contributed by atoms with Crippen molar-refractivity contribution in [3.8, 4) is 0 Å². The van der Waals surface area contributed by atoms with E-state index >= 15 is 0 Å². The van der Waals surface area contributed by atoms with E-state index in [1.165, 1.54) is 44.9 Å². The third-order valence-corrected chi connectivity index (χ3v) is 4.07. The number of hydrogen-bond acceptors (Lipinski definition) is 0. The molecular formula is C12H23Br. The Morgan fingerprint density at radius 2 is 2.15 bits per heavy atom. The van der Waals surface area contributed by atoms with Crippen LogP contribution in [0.5, 0.6) is 0 Å². The van der Waals surface area contributed by atoms with Crippen molar-refractivity contribution in [1.29, 1.82) is 0 Å². The highest BCUT2D eigenvalue weighted by Crippen LogP contribution is 2.33. The lowest BCUT2D eigenvalue weighted by atomic mass is 9.82. The van der Waals surface area contributed by atoms with Crippen LogP contribution >= 0.6 is 15.9 Å². The van der Waals surface area contributed by atoms with Crippen LogP contribution in [0.25, 0.3) is 0 Å². The zero-order valence-corrected chi connectivity index (χ0v) is 10.6. The second-order valence-electron chi connectivity index (χ2n) is 4.76. The molecule has 78 valence electrons. The molecule has 0 aromatic heterocycles.